The summed E-state index contributed by atoms with van der Waals surface area (Å²) in [5, 5.41) is 0. The lowest BCUT2D eigenvalue weighted by atomic mass is 10.0. The second-order valence-corrected chi connectivity index (χ2v) is 22.7. The van der Waals surface area contributed by atoms with E-state index in [1.54, 1.807) is 0 Å². The standard InChI is InChI=1S/C73H128O6/c1-4-7-10-13-16-18-20-22-24-26-28-30-32-34-36-38-40-42-44-46-48-50-52-54-57-60-63-66-72(75)78-69-70(68-77-71(74)65-62-59-56-15-12-9-6-3)79-73(76)67-64-61-58-55-53-51-49-47-45-43-41-39-37-35-33-31-29-27-25-23-21-19-17-14-11-8-5-2/h7,10,16,18,21-24,27-30,34,36,70H,4-6,8-9,11-15,17,19-20,25-26,31-33,35,37-69H2,1-3H3/b10-7-,18-16-,23-21-,24-22-,29-27-,30-28-,36-34-. The third-order valence-electron chi connectivity index (χ3n) is 14.9. The van der Waals surface area contributed by atoms with Gasteiger partial charge in [0.25, 0.3) is 0 Å². The maximum atomic E-state index is 12.9. The summed E-state index contributed by atoms with van der Waals surface area (Å²) in [5.74, 6) is -0.869. The third-order valence-corrected chi connectivity index (χ3v) is 14.9. The number of allylic oxidation sites excluding steroid dienone is 14. The molecule has 0 saturated heterocycles. The lowest BCUT2D eigenvalue weighted by molar-refractivity contribution is -0.167. The van der Waals surface area contributed by atoms with E-state index < -0.39 is 6.10 Å². The van der Waals surface area contributed by atoms with E-state index in [9.17, 15) is 14.4 Å². The molecular formula is C73H128O6. The minimum absolute atomic E-state index is 0.0740. The molecule has 0 fully saturated rings. The summed E-state index contributed by atoms with van der Waals surface area (Å²) < 4.78 is 16.9. The first-order valence-corrected chi connectivity index (χ1v) is 34.1. The van der Waals surface area contributed by atoms with Gasteiger partial charge in [0.15, 0.2) is 6.10 Å². The normalized spacial score (nSPS) is 12.6. The molecule has 0 heterocycles. The van der Waals surface area contributed by atoms with Crippen LogP contribution in [0.2, 0.25) is 0 Å². The van der Waals surface area contributed by atoms with E-state index in [0.29, 0.717) is 19.3 Å². The van der Waals surface area contributed by atoms with Crippen LogP contribution in [0.1, 0.15) is 342 Å². The molecule has 0 amide bonds. The molecule has 0 radical (unpaired) electrons. The molecule has 0 aliphatic carbocycles. The van der Waals surface area contributed by atoms with Gasteiger partial charge in [0.2, 0.25) is 0 Å². The number of hydrogen-bond donors (Lipinski definition) is 0. The number of esters is 3. The van der Waals surface area contributed by atoms with Gasteiger partial charge in [-0.1, -0.05) is 311 Å². The molecule has 0 rings (SSSR count). The summed E-state index contributed by atoms with van der Waals surface area (Å²) in [4.78, 5) is 38.2. The highest BCUT2D eigenvalue weighted by Gasteiger charge is 2.19. The highest BCUT2D eigenvalue weighted by Crippen LogP contribution is 2.17. The van der Waals surface area contributed by atoms with Gasteiger partial charge in [0, 0.05) is 19.3 Å². The van der Waals surface area contributed by atoms with Crippen molar-refractivity contribution in [1.29, 1.82) is 0 Å². The maximum absolute atomic E-state index is 12.9. The Morgan fingerprint density at radius 3 is 0.772 bits per heavy atom. The van der Waals surface area contributed by atoms with Gasteiger partial charge in [-0.05, 0) is 96.3 Å². The molecule has 1 unspecified atom stereocenters. The molecule has 0 aromatic rings. The molecule has 0 aromatic carbocycles. The predicted octanol–water partition coefficient (Wildman–Crippen LogP) is 23.4. The van der Waals surface area contributed by atoms with Crippen LogP contribution in [0.3, 0.4) is 0 Å². The van der Waals surface area contributed by atoms with E-state index in [1.165, 1.54) is 205 Å². The average Bonchev–Trinajstić information content (AvgIpc) is 3.45. The minimum Gasteiger partial charge on any atom is -0.462 e. The first-order chi connectivity index (χ1) is 39.0. The second kappa shape index (κ2) is 67.1. The third kappa shape index (κ3) is 65.3. The molecule has 6 heteroatoms. The predicted molar refractivity (Wildman–Crippen MR) is 344 cm³/mol. The Hall–Kier alpha value is -3.41. The topological polar surface area (TPSA) is 78.9 Å². The first-order valence-electron chi connectivity index (χ1n) is 34.1. The second-order valence-electron chi connectivity index (χ2n) is 22.7. The fraction of sp³-hybridized carbons (Fsp3) is 0.767. The SMILES string of the molecule is CC/C=C\C/C=C\C/C=C\C/C=C\C/C=C\CCCCCCCCCCCCCC(=O)OCC(COC(=O)CCCCCCCCC)OC(=O)CCCCCCCCCCCCCCCCC/C=C\C/C=C\CCCCCCC. The van der Waals surface area contributed by atoms with Crippen molar-refractivity contribution in [3.05, 3.63) is 85.1 Å². The van der Waals surface area contributed by atoms with Crippen molar-refractivity contribution in [2.24, 2.45) is 0 Å². The molecule has 6 nitrogen and oxygen atoms in total. The lowest BCUT2D eigenvalue weighted by Gasteiger charge is -2.18. The van der Waals surface area contributed by atoms with Crippen molar-refractivity contribution in [1.82, 2.24) is 0 Å². The molecule has 456 valence electrons. The number of ether oxygens (including phenoxy) is 3. The van der Waals surface area contributed by atoms with Gasteiger partial charge in [0.05, 0.1) is 0 Å². The van der Waals surface area contributed by atoms with E-state index in [2.05, 4.69) is 106 Å². The molecule has 0 N–H and O–H groups in total. The smallest absolute Gasteiger partial charge is 0.306 e. The first kappa shape index (κ1) is 75.6. The van der Waals surface area contributed by atoms with Crippen molar-refractivity contribution >= 4 is 17.9 Å². The van der Waals surface area contributed by atoms with Gasteiger partial charge in [-0.25, -0.2) is 0 Å². The molecule has 0 saturated carbocycles. The summed E-state index contributed by atoms with van der Waals surface area (Å²) in [5.41, 5.74) is 0. The summed E-state index contributed by atoms with van der Waals surface area (Å²) in [6, 6.07) is 0. The van der Waals surface area contributed by atoms with Gasteiger partial charge in [0.1, 0.15) is 13.2 Å². The fourth-order valence-electron chi connectivity index (χ4n) is 9.80. The zero-order valence-corrected chi connectivity index (χ0v) is 52.4. The highest BCUT2D eigenvalue weighted by molar-refractivity contribution is 5.71. The van der Waals surface area contributed by atoms with Crippen LogP contribution in [0.25, 0.3) is 0 Å². The van der Waals surface area contributed by atoms with Crippen LogP contribution >= 0.6 is 0 Å². The van der Waals surface area contributed by atoms with Gasteiger partial charge in [-0.3, -0.25) is 14.4 Å². The van der Waals surface area contributed by atoms with Crippen LogP contribution in [-0.4, -0.2) is 37.2 Å². The fourth-order valence-corrected chi connectivity index (χ4v) is 9.80. The van der Waals surface area contributed by atoms with Crippen LogP contribution in [0.4, 0.5) is 0 Å². The molecule has 0 aliphatic rings. The summed E-state index contributed by atoms with van der Waals surface area (Å²) >= 11 is 0. The highest BCUT2D eigenvalue weighted by atomic mass is 16.6. The Morgan fingerprint density at radius 2 is 0.494 bits per heavy atom. The Morgan fingerprint density at radius 1 is 0.266 bits per heavy atom. The van der Waals surface area contributed by atoms with Crippen molar-refractivity contribution in [2.75, 3.05) is 13.2 Å². The van der Waals surface area contributed by atoms with Crippen LogP contribution in [-0.2, 0) is 28.6 Å². The minimum atomic E-state index is -0.775. The van der Waals surface area contributed by atoms with E-state index in [4.69, 9.17) is 14.2 Å². The molecular weight excluding hydrogens is 973 g/mol. The largest absolute Gasteiger partial charge is 0.462 e. The molecule has 0 spiro atoms. The summed E-state index contributed by atoms with van der Waals surface area (Å²) in [7, 11) is 0. The number of rotatable bonds is 62. The molecule has 1 atom stereocenters. The van der Waals surface area contributed by atoms with Gasteiger partial charge in [-0.15, -0.1) is 0 Å². The number of unbranched alkanes of at least 4 members (excludes halogenated alkanes) is 37. The molecule has 79 heavy (non-hydrogen) atoms. The van der Waals surface area contributed by atoms with E-state index in [-0.39, 0.29) is 31.1 Å². The summed E-state index contributed by atoms with van der Waals surface area (Å²) in [6.07, 6.45) is 89.2. The Kier molecular flexibility index (Phi) is 64.2. The number of carbonyl (C=O) groups excluding carboxylic acids is 3. The number of hydrogen-bond acceptors (Lipinski definition) is 6. The zero-order chi connectivity index (χ0) is 57.1. The van der Waals surface area contributed by atoms with Crippen LogP contribution < -0.4 is 0 Å². The molecule has 0 bridgehead atoms. The molecule has 0 aromatic heterocycles. The van der Waals surface area contributed by atoms with Crippen LogP contribution in [0.5, 0.6) is 0 Å². The Labute approximate surface area is 490 Å². The zero-order valence-electron chi connectivity index (χ0n) is 52.4. The number of carbonyl (C=O) groups is 3. The van der Waals surface area contributed by atoms with Gasteiger partial charge in [-0.2, -0.15) is 0 Å². The quantitative estimate of drug-likeness (QED) is 0.0261. The van der Waals surface area contributed by atoms with Gasteiger partial charge >= 0.3 is 17.9 Å². The summed E-state index contributed by atoms with van der Waals surface area (Å²) in [6.45, 7) is 6.51. The van der Waals surface area contributed by atoms with Crippen molar-refractivity contribution in [3.8, 4) is 0 Å². The van der Waals surface area contributed by atoms with Crippen molar-refractivity contribution in [2.45, 2.75) is 348 Å². The van der Waals surface area contributed by atoms with Crippen molar-refractivity contribution in [3.63, 3.8) is 0 Å². The molecule has 0 aliphatic heterocycles. The Balaban J connectivity index is 4.09. The van der Waals surface area contributed by atoms with E-state index in [0.717, 1.165) is 96.3 Å². The maximum Gasteiger partial charge on any atom is 0.306 e. The Bertz CT molecular complexity index is 1500. The van der Waals surface area contributed by atoms with E-state index >= 15 is 0 Å². The van der Waals surface area contributed by atoms with Crippen molar-refractivity contribution < 1.29 is 28.6 Å². The monoisotopic (exact) mass is 1100 g/mol. The lowest BCUT2D eigenvalue weighted by Crippen LogP contribution is -2.30. The van der Waals surface area contributed by atoms with E-state index in [1.807, 2.05) is 0 Å². The average molecular weight is 1100 g/mol. The van der Waals surface area contributed by atoms with Crippen LogP contribution in [0.15, 0.2) is 85.1 Å². The van der Waals surface area contributed by atoms with Gasteiger partial charge < -0.3 is 14.2 Å². The van der Waals surface area contributed by atoms with Crippen LogP contribution in [0, 0.1) is 0 Å².